The summed E-state index contributed by atoms with van der Waals surface area (Å²) in [6.45, 7) is 0.510. The third-order valence-electron chi connectivity index (χ3n) is 2.24. The van der Waals surface area contributed by atoms with Crippen LogP contribution in [0.1, 0.15) is 11.1 Å². The van der Waals surface area contributed by atoms with Gasteiger partial charge in [-0.3, -0.25) is 4.98 Å². The molecular formula is C13H12N2O2. The van der Waals surface area contributed by atoms with Crippen molar-refractivity contribution in [3.05, 3.63) is 59.9 Å². The first-order valence-corrected chi connectivity index (χ1v) is 5.18. The van der Waals surface area contributed by atoms with E-state index in [0.29, 0.717) is 6.61 Å². The summed E-state index contributed by atoms with van der Waals surface area (Å²) in [5, 5.41) is 11.3. The van der Waals surface area contributed by atoms with Gasteiger partial charge in [-0.15, -0.1) is 0 Å². The van der Waals surface area contributed by atoms with Crippen LogP contribution in [0.4, 0.5) is 0 Å². The number of aromatic nitrogens is 1. The SMILES string of the molecule is ON=Cc1ccc(OCc2ccncc2)cc1. The Morgan fingerprint density at radius 1 is 1.12 bits per heavy atom. The average molecular weight is 228 g/mol. The van der Waals surface area contributed by atoms with Crippen LogP contribution in [0.25, 0.3) is 0 Å². The first kappa shape index (κ1) is 11.1. The summed E-state index contributed by atoms with van der Waals surface area (Å²) >= 11 is 0. The van der Waals surface area contributed by atoms with Crippen LogP contribution in [0, 0.1) is 0 Å². The van der Waals surface area contributed by atoms with Gasteiger partial charge in [0.2, 0.25) is 0 Å². The Morgan fingerprint density at radius 2 is 1.82 bits per heavy atom. The van der Waals surface area contributed by atoms with Crippen molar-refractivity contribution in [1.82, 2.24) is 4.98 Å². The lowest BCUT2D eigenvalue weighted by Crippen LogP contribution is -1.95. The Bertz CT molecular complexity index is 481. The van der Waals surface area contributed by atoms with E-state index in [9.17, 15) is 0 Å². The Morgan fingerprint density at radius 3 is 2.47 bits per heavy atom. The van der Waals surface area contributed by atoms with E-state index in [0.717, 1.165) is 16.9 Å². The molecule has 17 heavy (non-hydrogen) atoms. The number of rotatable bonds is 4. The minimum atomic E-state index is 0.510. The smallest absolute Gasteiger partial charge is 0.119 e. The molecule has 0 spiro atoms. The highest BCUT2D eigenvalue weighted by atomic mass is 16.5. The maximum absolute atomic E-state index is 8.37. The minimum absolute atomic E-state index is 0.510. The monoisotopic (exact) mass is 228 g/mol. The van der Waals surface area contributed by atoms with Gasteiger partial charge in [0.1, 0.15) is 12.4 Å². The maximum Gasteiger partial charge on any atom is 0.119 e. The van der Waals surface area contributed by atoms with Crippen molar-refractivity contribution in [3.8, 4) is 5.75 Å². The number of oxime groups is 1. The van der Waals surface area contributed by atoms with Crippen molar-refractivity contribution in [2.45, 2.75) is 6.61 Å². The van der Waals surface area contributed by atoms with Gasteiger partial charge in [-0.25, -0.2) is 0 Å². The number of benzene rings is 1. The van der Waals surface area contributed by atoms with Crippen molar-refractivity contribution in [3.63, 3.8) is 0 Å². The maximum atomic E-state index is 8.37. The number of pyridine rings is 1. The number of hydrogen-bond acceptors (Lipinski definition) is 4. The zero-order valence-corrected chi connectivity index (χ0v) is 9.15. The van der Waals surface area contributed by atoms with Crippen LogP contribution in [0.15, 0.2) is 53.9 Å². The normalized spacial score (nSPS) is 10.6. The molecule has 4 nitrogen and oxygen atoms in total. The molecule has 1 aromatic heterocycles. The Balaban J connectivity index is 1.95. The van der Waals surface area contributed by atoms with Gasteiger partial charge in [0.25, 0.3) is 0 Å². The molecule has 0 bridgehead atoms. The predicted octanol–water partition coefficient (Wildman–Crippen LogP) is 2.47. The first-order valence-electron chi connectivity index (χ1n) is 5.18. The summed E-state index contributed by atoms with van der Waals surface area (Å²) in [4.78, 5) is 3.94. The second kappa shape index (κ2) is 5.65. The van der Waals surface area contributed by atoms with Crippen molar-refractivity contribution < 1.29 is 9.94 Å². The van der Waals surface area contributed by atoms with Crippen LogP contribution in [-0.2, 0) is 6.61 Å². The fraction of sp³-hybridized carbons (Fsp3) is 0.0769. The molecule has 0 saturated carbocycles. The van der Waals surface area contributed by atoms with E-state index in [1.807, 2.05) is 36.4 Å². The van der Waals surface area contributed by atoms with Crippen molar-refractivity contribution >= 4 is 6.21 Å². The lowest BCUT2D eigenvalue weighted by Gasteiger charge is -2.05. The molecule has 0 aliphatic rings. The van der Waals surface area contributed by atoms with Crippen LogP contribution >= 0.6 is 0 Å². The standard InChI is InChI=1S/C13H12N2O2/c16-15-9-11-1-3-13(4-2-11)17-10-12-5-7-14-8-6-12/h1-9,16H,10H2. The zero-order chi connectivity index (χ0) is 11.9. The molecule has 0 unspecified atom stereocenters. The molecule has 0 atom stereocenters. The highest BCUT2D eigenvalue weighted by molar-refractivity contribution is 5.79. The first-order chi connectivity index (χ1) is 8.38. The number of ether oxygens (including phenoxy) is 1. The fourth-order valence-electron chi connectivity index (χ4n) is 1.36. The van der Waals surface area contributed by atoms with Gasteiger partial charge in [0, 0.05) is 12.4 Å². The molecule has 1 aromatic carbocycles. The van der Waals surface area contributed by atoms with E-state index in [1.54, 1.807) is 12.4 Å². The lowest BCUT2D eigenvalue weighted by molar-refractivity contribution is 0.306. The molecule has 2 rings (SSSR count). The molecule has 86 valence electrons. The molecule has 0 saturated heterocycles. The second-order valence-electron chi connectivity index (χ2n) is 3.46. The summed E-state index contributed by atoms with van der Waals surface area (Å²) < 4.78 is 5.59. The Labute approximate surface area is 99.2 Å². The Kier molecular flexibility index (Phi) is 3.70. The molecule has 1 N–H and O–H groups in total. The van der Waals surface area contributed by atoms with Gasteiger partial charge < -0.3 is 9.94 Å². The van der Waals surface area contributed by atoms with Crippen LogP contribution in [0.2, 0.25) is 0 Å². The van der Waals surface area contributed by atoms with E-state index in [2.05, 4.69) is 10.1 Å². The molecular weight excluding hydrogens is 216 g/mol. The second-order valence-corrected chi connectivity index (χ2v) is 3.46. The van der Waals surface area contributed by atoms with Gasteiger partial charge in [-0.2, -0.15) is 0 Å². The van der Waals surface area contributed by atoms with E-state index < -0.39 is 0 Å². The number of hydrogen-bond donors (Lipinski definition) is 1. The van der Waals surface area contributed by atoms with E-state index in [-0.39, 0.29) is 0 Å². The highest BCUT2D eigenvalue weighted by Crippen LogP contribution is 2.13. The molecule has 0 radical (unpaired) electrons. The van der Waals surface area contributed by atoms with Crippen molar-refractivity contribution in [2.24, 2.45) is 5.16 Å². The molecule has 2 aromatic rings. The molecule has 0 fully saturated rings. The fourth-order valence-corrected chi connectivity index (χ4v) is 1.36. The third-order valence-corrected chi connectivity index (χ3v) is 2.24. The van der Waals surface area contributed by atoms with Gasteiger partial charge in [-0.1, -0.05) is 5.16 Å². The van der Waals surface area contributed by atoms with E-state index in [1.165, 1.54) is 6.21 Å². The quantitative estimate of drug-likeness (QED) is 0.497. The summed E-state index contributed by atoms with van der Waals surface area (Å²) in [6, 6.07) is 11.1. The lowest BCUT2D eigenvalue weighted by atomic mass is 10.2. The van der Waals surface area contributed by atoms with E-state index >= 15 is 0 Å². The summed E-state index contributed by atoms with van der Waals surface area (Å²) in [5.74, 6) is 0.775. The zero-order valence-electron chi connectivity index (χ0n) is 9.15. The average Bonchev–Trinajstić information content (AvgIpc) is 2.40. The van der Waals surface area contributed by atoms with Gasteiger partial charge in [0.15, 0.2) is 0 Å². The van der Waals surface area contributed by atoms with Crippen molar-refractivity contribution in [1.29, 1.82) is 0 Å². The van der Waals surface area contributed by atoms with E-state index in [4.69, 9.17) is 9.94 Å². The van der Waals surface area contributed by atoms with Crippen molar-refractivity contribution in [2.75, 3.05) is 0 Å². The molecule has 4 heteroatoms. The summed E-state index contributed by atoms with van der Waals surface area (Å²) in [5.41, 5.74) is 1.89. The van der Waals surface area contributed by atoms with Crippen LogP contribution in [0.3, 0.4) is 0 Å². The molecule has 0 aliphatic heterocycles. The van der Waals surface area contributed by atoms with Crippen LogP contribution in [-0.4, -0.2) is 16.4 Å². The highest BCUT2D eigenvalue weighted by Gasteiger charge is 1.95. The van der Waals surface area contributed by atoms with Crippen LogP contribution in [0.5, 0.6) is 5.75 Å². The molecule has 0 amide bonds. The number of nitrogens with zero attached hydrogens (tertiary/aromatic N) is 2. The third kappa shape index (κ3) is 3.31. The van der Waals surface area contributed by atoms with Crippen LogP contribution < -0.4 is 4.74 Å². The predicted molar refractivity (Wildman–Crippen MR) is 64.4 cm³/mol. The minimum Gasteiger partial charge on any atom is -0.489 e. The largest absolute Gasteiger partial charge is 0.489 e. The van der Waals surface area contributed by atoms with Gasteiger partial charge in [-0.05, 0) is 47.5 Å². The molecule has 0 aliphatic carbocycles. The molecule has 1 heterocycles. The Hall–Kier alpha value is -2.36. The van der Waals surface area contributed by atoms with Gasteiger partial charge in [0.05, 0.1) is 6.21 Å². The topological polar surface area (TPSA) is 54.7 Å². The van der Waals surface area contributed by atoms with Gasteiger partial charge >= 0.3 is 0 Å². The summed E-state index contributed by atoms with van der Waals surface area (Å²) in [6.07, 6.45) is 4.84. The summed E-state index contributed by atoms with van der Waals surface area (Å²) in [7, 11) is 0.